The van der Waals surface area contributed by atoms with E-state index in [0.717, 1.165) is 28.7 Å². The van der Waals surface area contributed by atoms with Crippen LogP contribution >= 0.6 is 0 Å². The first-order valence-corrected chi connectivity index (χ1v) is 12.7. The van der Waals surface area contributed by atoms with Crippen molar-refractivity contribution in [2.24, 2.45) is 17.3 Å². The number of amides is 1. The van der Waals surface area contributed by atoms with E-state index in [9.17, 15) is 14.7 Å². The second-order valence-electron chi connectivity index (χ2n) is 10.7. The van der Waals surface area contributed by atoms with E-state index in [-0.39, 0.29) is 17.2 Å². The molecule has 2 aliphatic rings. The molecule has 4 rings (SSSR count). The topological polar surface area (TPSA) is 83.4 Å². The molecule has 1 fully saturated rings. The minimum atomic E-state index is -0.913. The molecular weight excluding hydrogens is 450 g/mol. The lowest BCUT2D eigenvalue weighted by Gasteiger charge is -2.37. The summed E-state index contributed by atoms with van der Waals surface area (Å²) >= 11 is 0. The van der Waals surface area contributed by atoms with E-state index in [1.807, 2.05) is 50.5 Å². The Hall–Kier alpha value is -3.54. The Balaban J connectivity index is 1.40. The van der Waals surface area contributed by atoms with E-state index in [1.54, 1.807) is 4.90 Å². The molecule has 6 nitrogen and oxygen atoms in total. The van der Waals surface area contributed by atoms with Crippen LogP contribution in [0.5, 0.6) is 0 Å². The van der Waals surface area contributed by atoms with Crippen LogP contribution in [0.1, 0.15) is 51.7 Å². The SMILES string of the molecule is CC1CCN(C(=O)C(C)Cc2ccc(-c3ncc(C4=CC=CC(C)(C)C=C4)cn3)cc2)C(C(=O)O)C1. The van der Waals surface area contributed by atoms with Crippen LogP contribution in [0.2, 0.25) is 0 Å². The van der Waals surface area contributed by atoms with Gasteiger partial charge in [-0.3, -0.25) is 4.79 Å². The number of carbonyl (C=O) groups is 2. The molecule has 1 N–H and O–H groups in total. The number of carbonyl (C=O) groups excluding carboxylic acids is 1. The van der Waals surface area contributed by atoms with Gasteiger partial charge in [0.2, 0.25) is 5.91 Å². The summed E-state index contributed by atoms with van der Waals surface area (Å²) in [6.45, 7) is 8.76. The van der Waals surface area contributed by atoms with Gasteiger partial charge < -0.3 is 10.0 Å². The second-order valence-corrected chi connectivity index (χ2v) is 10.7. The largest absolute Gasteiger partial charge is 0.480 e. The van der Waals surface area contributed by atoms with Gasteiger partial charge in [0.15, 0.2) is 5.82 Å². The number of carboxylic acid groups (broad SMARTS) is 1. The number of aliphatic carboxylic acids is 1. The number of carboxylic acids is 1. The third kappa shape index (κ3) is 5.99. The summed E-state index contributed by atoms with van der Waals surface area (Å²) in [4.78, 5) is 35.5. The van der Waals surface area contributed by atoms with Gasteiger partial charge in [-0.15, -0.1) is 0 Å². The van der Waals surface area contributed by atoms with Crippen LogP contribution in [0.15, 0.2) is 67.0 Å². The van der Waals surface area contributed by atoms with Crippen LogP contribution in [0.25, 0.3) is 17.0 Å². The van der Waals surface area contributed by atoms with Crippen molar-refractivity contribution in [1.29, 1.82) is 0 Å². The Morgan fingerprint density at radius 3 is 2.47 bits per heavy atom. The third-order valence-electron chi connectivity index (χ3n) is 7.09. The van der Waals surface area contributed by atoms with Gasteiger partial charge in [0, 0.05) is 41.4 Å². The van der Waals surface area contributed by atoms with Gasteiger partial charge in [-0.25, -0.2) is 14.8 Å². The van der Waals surface area contributed by atoms with Crippen molar-refractivity contribution in [3.05, 3.63) is 78.2 Å². The number of hydrogen-bond acceptors (Lipinski definition) is 4. The van der Waals surface area contributed by atoms with Crippen LogP contribution in [0, 0.1) is 17.3 Å². The molecule has 1 aromatic heterocycles. The van der Waals surface area contributed by atoms with Crippen LogP contribution < -0.4 is 0 Å². The van der Waals surface area contributed by atoms with E-state index in [0.29, 0.717) is 31.1 Å². The molecular formula is C30H35N3O3. The summed E-state index contributed by atoms with van der Waals surface area (Å²) in [5.41, 5.74) is 4.00. The number of hydrogen-bond donors (Lipinski definition) is 1. The third-order valence-corrected chi connectivity index (χ3v) is 7.09. The number of benzene rings is 1. The number of allylic oxidation sites excluding steroid dienone is 6. The van der Waals surface area contributed by atoms with Crippen LogP contribution in [0.4, 0.5) is 0 Å². The quantitative estimate of drug-likeness (QED) is 0.578. The molecule has 36 heavy (non-hydrogen) atoms. The zero-order valence-electron chi connectivity index (χ0n) is 21.5. The average Bonchev–Trinajstić information content (AvgIpc) is 3.04. The number of likely N-dealkylation sites (tertiary alicyclic amines) is 1. The number of rotatable bonds is 6. The molecule has 1 saturated heterocycles. The molecule has 6 heteroatoms. The van der Waals surface area contributed by atoms with Crippen molar-refractivity contribution in [1.82, 2.24) is 14.9 Å². The van der Waals surface area contributed by atoms with Crippen molar-refractivity contribution >= 4 is 17.4 Å². The average molecular weight is 486 g/mol. The van der Waals surface area contributed by atoms with Crippen LogP contribution in [0.3, 0.4) is 0 Å². The van der Waals surface area contributed by atoms with Gasteiger partial charge in [0.1, 0.15) is 6.04 Å². The molecule has 2 aromatic rings. The summed E-state index contributed by atoms with van der Waals surface area (Å²) < 4.78 is 0. The molecule has 1 amide bonds. The maximum Gasteiger partial charge on any atom is 0.326 e. The standard InChI is InChI=1S/C30H35N3O3/c1-20-12-15-33(26(16-20)29(35)36)28(34)21(2)17-22-7-9-24(10-8-22)27-31-18-25(19-32-27)23-6-5-13-30(3,4)14-11-23/h5-11,13-14,18-21,26H,12,15-17H2,1-4H3,(H,35,36). The molecule has 0 radical (unpaired) electrons. The van der Waals surface area contributed by atoms with Crippen molar-refractivity contribution in [2.75, 3.05) is 6.54 Å². The molecule has 1 aliphatic heterocycles. The number of aromatic nitrogens is 2. The highest BCUT2D eigenvalue weighted by molar-refractivity contribution is 5.85. The highest BCUT2D eigenvalue weighted by Gasteiger charge is 2.36. The fourth-order valence-corrected chi connectivity index (χ4v) is 4.79. The maximum absolute atomic E-state index is 13.1. The van der Waals surface area contributed by atoms with E-state index < -0.39 is 12.0 Å². The first kappa shape index (κ1) is 25.5. The zero-order valence-corrected chi connectivity index (χ0v) is 21.5. The molecule has 3 atom stereocenters. The highest BCUT2D eigenvalue weighted by atomic mass is 16.4. The highest BCUT2D eigenvalue weighted by Crippen LogP contribution is 2.28. The lowest BCUT2D eigenvalue weighted by Crippen LogP contribution is -2.51. The zero-order chi connectivity index (χ0) is 25.9. The molecule has 0 bridgehead atoms. The number of piperidine rings is 1. The second kappa shape index (κ2) is 10.6. The molecule has 0 spiro atoms. The Morgan fingerprint density at radius 2 is 1.81 bits per heavy atom. The first-order valence-electron chi connectivity index (χ1n) is 12.7. The van der Waals surface area contributed by atoms with E-state index >= 15 is 0 Å². The van der Waals surface area contributed by atoms with Gasteiger partial charge in [0.05, 0.1) is 0 Å². The van der Waals surface area contributed by atoms with Crippen molar-refractivity contribution in [2.45, 2.75) is 53.0 Å². The Kier molecular flexibility index (Phi) is 7.53. The van der Waals surface area contributed by atoms with E-state index in [4.69, 9.17) is 0 Å². The minimum absolute atomic E-state index is 0.0211. The first-order chi connectivity index (χ1) is 17.1. The fourth-order valence-electron chi connectivity index (χ4n) is 4.79. The van der Waals surface area contributed by atoms with Crippen molar-refractivity contribution in [3.63, 3.8) is 0 Å². The predicted octanol–water partition coefficient (Wildman–Crippen LogP) is 5.57. The molecule has 188 valence electrons. The monoisotopic (exact) mass is 485 g/mol. The molecule has 1 aliphatic carbocycles. The normalized spacial score (nSPS) is 22.0. The predicted molar refractivity (Wildman–Crippen MR) is 142 cm³/mol. The smallest absolute Gasteiger partial charge is 0.326 e. The van der Waals surface area contributed by atoms with Gasteiger partial charge >= 0.3 is 5.97 Å². The summed E-state index contributed by atoms with van der Waals surface area (Å²) in [6, 6.07) is 7.21. The summed E-state index contributed by atoms with van der Waals surface area (Å²) in [5.74, 6) is -0.322. The molecule has 3 unspecified atom stereocenters. The van der Waals surface area contributed by atoms with Crippen LogP contribution in [-0.4, -0.2) is 44.4 Å². The molecule has 2 heterocycles. The fraction of sp³-hybridized carbons (Fsp3) is 0.400. The Labute approximate surface area is 213 Å². The van der Waals surface area contributed by atoms with Gasteiger partial charge in [0.25, 0.3) is 0 Å². The number of nitrogens with zero attached hydrogens (tertiary/aromatic N) is 3. The summed E-state index contributed by atoms with van der Waals surface area (Å²) in [7, 11) is 0. The summed E-state index contributed by atoms with van der Waals surface area (Å²) in [5, 5.41) is 9.59. The summed E-state index contributed by atoms with van der Waals surface area (Å²) in [6.07, 6.45) is 16.2. The van der Waals surface area contributed by atoms with Crippen molar-refractivity contribution in [3.8, 4) is 11.4 Å². The van der Waals surface area contributed by atoms with E-state index in [1.165, 1.54) is 0 Å². The van der Waals surface area contributed by atoms with Gasteiger partial charge in [-0.2, -0.15) is 0 Å². The Bertz CT molecular complexity index is 1190. The van der Waals surface area contributed by atoms with Gasteiger partial charge in [-0.1, -0.05) is 82.3 Å². The lowest BCUT2D eigenvalue weighted by molar-refractivity contribution is -0.154. The van der Waals surface area contributed by atoms with Crippen LogP contribution in [-0.2, 0) is 16.0 Å². The minimum Gasteiger partial charge on any atom is -0.480 e. The molecule has 0 saturated carbocycles. The maximum atomic E-state index is 13.1. The van der Waals surface area contributed by atoms with E-state index in [2.05, 4.69) is 54.2 Å². The lowest BCUT2D eigenvalue weighted by atomic mass is 9.90. The van der Waals surface area contributed by atoms with Crippen molar-refractivity contribution < 1.29 is 14.7 Å². The Morgan fingerprint density at radius 1 is 1.11 bits per heavy atom. The molecule has 1 aromatic carbocycles. The van der Waals surface area contributed by atoms with Gasteiger partial charge in [-0.05, 0) is 36.3 Å².